The molecule has 0 spiro atoms. The van der Waals surface area contributed by atoms with E-state index in [1.54, 1.807) is 10.9 Å². The second-order valence-corrected chi connectivity index (χ2v) is 4.79. The van der Waals surface area contributed by atoms with Crippen molar-refractivity contribution in [2.75, 3.05) is 11.9 Å². The molecular formula is C12H12N6S. The van der Waals surface area contributed by atoms with Gasteiger partial charge >= 0.3 is 0 Å². The predicted octanol–water partition coefficient (Wildman–Crippen LogP) is 2.22. The fourth-order valence-electron chi connectivity index (χ4n) is 1.69. The van der Waals surface area contributed by atoms with E-state index in [1.165, 1.54) is 11.3 Å². The maximum absolute atomic E-state index is 4.17. The lowest BCUT2D eigenvalue weighted by Crippen LogP contribution is -1.98. The molecule has 0 bridgehead atoms. The summed E-state index contributed by atoms with van der Waals surface area (Å²) in [6, 6.07) is 9.85. The molecule has 0 saturated carbocycles. The van der Waals surface area contributed by atoms with Crippen LogP contribution >= 0.6 is 11.3 Å². The lowest BCUT2D eigenvalue weighted by molar-refractivity contribution is 0.806. The first-order chi connectivity index (χ1) is 9.38. The van der Waals surface area contributed by atoms with Crippen LogP contribution in [0.2, 0.25) is 0 Å². The maximum Gasteiger partial charge on any atom is 0.206 e. The summed E-state index contributed by atoms with van der Waals surface area (Å²) in [5.41, 5.74) is 1.79. The van der Waals surface area contributed by atoms with E-state index in [-0.39, 0.29) is 0 Å². The Hall–Kier alpha value is -2.28. The summed E-state index contributed by atoms with van der Waals surface area (Å²) in [6.45, 7) is 2.85. The van der Waals surface area contributed by atoms with E-state index in [0.29, 0.717) is 0 Å². The summed E-state index contributed by atoms with van der Waals surface area (Å²) >= 11 is 1.49. The monoisotopic (exact) mass is 272 g/mol. The van der Waals surface area contributed by atoms with Crippen molar-refractivity contribution in [3.05, 3.63) is 36.5 Å². The van der Waals surface area contributed by atoms with E-state index in [0.717, 1.165) is 28.1 Å². The molecule has 3 rings (SSSR count). The van der Waals surface area contributed by atoms with E-state index in [1.807, 2.05) is 37.3 Å². The number of benzene rings is 1. The average Bonchev–Trinajstić information content (AvgIpc) is 3.08. The highest BCUT2D eigenvalue weighted by molar-refractivity contribution is 7.18. The van der Waals surface area contributed by atoms with Crippen molar-refractivity contribution in [1.29, 1.82) is 0 Å². The highest BCUT2D eigenvalue weighted by Gasteiger charge is 2.13. The molecule has 0 radical (unpaired) electrons. The van der Waals surface area contributed by atoms with Crippen LogP contribution in [0.15, 0.2) is 36.5 Å². The van der Waals surface area contributed by atoms with Gasteiger partial charge in [0.05, 0.1) is 11.9 Å². The normalized spacial score (nSPS) is 10.6. The number of nitrogens with one attached hydrogen (secondary N) is 1. The smallest absolute Gasteiger partial charge is 0.206 e. The minimum Gasteiger partial charge on any atom is -0.360 e. The van der Waals surface area contributed by atoms with Crippen molar-refractivity contribution < 1.29 is 0 Å². The standard InChI is InChI=1S/C12H12N6S/c1-2-13-12-16-15-11(19-12)10-8-14-17-18(10)9-6-4-3-5-7-9/h3-8H,2H2,1H3,(H,13,16). The first kappa shape index (κ1) is 11.8. The topological polar surface area (TPSA) is 68.5 Å². The number of anilines is 1. The van der Waals surface area contributed by atoms with Crippen LogP contribution < -0.4 is 5.32 Å². The minimum absolute atomic E-state index is 0.796. The Labute approximate surface area is 114 Å². The molecule has 0 unspecified atom stereocenters. The van der Waals surface area contributed by atoms with E-state index >= 15 is 0 Å². The van der Waals surface area contributed by atoms with Crippen molar-refractivity contribution in [3.63, 3.8) is 0 Å². The molecule has 0 saturated heterocycles. The second kappa shape index (κ2) is 5.15. The molecule has 7 heteroatoms. The second-order valence-electron chi connectivity index (χ2n) is 3.81. The summed E-state index contributed by atoms with van der Waals surface area (Å²) in [5.74, 6) is 0. The largest absolute Gasteiger partial charge is 0.360 e. The van der Waals surface area contributed by atoms with Gasteiger partial charge in [-0.05, 0) is 19.1 Å². The van der Waals surface area contributed by atoms with Gasteiger partial charge in [0, 0.05) is 6.54 Å². The Bertz CT molecular complexity index is 660. The van der Waals surface area contributed by atoms with Crippen LogP contribution in [0.5, 0.6) is 0 Å². The van der Waals surface area contributed by atoms with Gasteiger partial charge in [0.15, 0.2) is 5.01 Å². The van der Waals surface area contributed by atoms with E-state index < -0.39 is 0 Å². The number of para-hydroxylation sites is 1. The van der Waals surface area contributed by atoms with Gasteiger partial charge in [-0.25, -0.2) is 4.68 Å². The predicted molar refractivity (Wildman–Crippen MR) is 74.4 cm³/mol. The van der Waals surface area contributed by atoms with Gasteiger partial charge in [-0.3, -0.25) is 0 Å². The quantitative estimate of drug-likeness (QED) is 0.788. The zero-order valence-corrected chi connectivity index (χ0v) is 11.1. The molecule has 1 aromatic carbocycles. The molecule has 1 N–H and O–H groups in total. The Morgan fingerprint density at radius 2 is 2.05 bits per heavy atom. The Morgan fingerprint density at radius 3 is 2.84 bits per heavy atom. The lowest BCUT2D eigenvalue weighted by atomic mass is 10.3. The molecular weight excluding hydrogens is 260 g/mol. The minimum atomic E-state index is 0.796. The SMILES string of the molecule is CCNc1nnc(-c2cnnn2-c2ccccc2)s1. The first-order valence-corrected chi connectivity index (χ1v) is 6.74. The van der Waals surface area contributed by atoms with Gasteiger partial charge in [-0.2, -0.15) is 0 Å². The summed E-state index contributed by atoms with van der Waals surface area (Å²) < 4.78 is 1.76. The highest BCUT2D eigenvalue weighted by atomic mass is 32.1. The maximum atomic E-state index is 4.17. The zero-order valence-electron chi connectivity index (χ0n) is 10.3. The highest BCUT2D eigenvalue weighted by Crippen LogP contribution is 2.26. The van der Waals surface area contributed by atoms with E-state index in [4.69, 9.17) is 0 Å². The Balaban J connectivity index is 1.99. The fraction of sp³-hybridized carbons (Fsp3) is 0.167. The van der Waals surface area contributed by atoms with Crippen molar-refractivity contribution in [1.82, 2.24) is 25.2 Å². The third kappa shape index (κ3) is 2.32. The van der Waals surface area contributed by atoms with Crippen LogP contribution in [0.25, 0.3) is 16.4 Å². The van der Waals surface area contributed by atoms with Gasteiger partial charge in [-0.15, -0.1) is 15.3 Å². The van der Waals surface area contributed by atoms with Gasteiger partial charge in [0.25, 0.3) is 0 Å². The average molecular weight is 272 g/mol. The van der Waals surface area contributed by atoms with E-state index in [2.05, 4.69) is 25.8 Å². The van der Waals surface area contributed by atoms with Crippen LogP contribution in [0.3, 0.4) is 0 Å². The molecule has 0 aliphatic heterocycles. The number of rotatable bonds is 4. The van der Waals surface area contributed by atoms with Crippen molar-refractivity contribution in [2.24, 2.45) is 0 Å². The molecule has 96 valence electrons. The molecule has 0 aliphatic carbocycles. The molecule has 6 nitrogen and oxygen atoms in total. The van der Waals surface area contributed by atoms with Gasteiger partial charge < -0.3 is 5.32 Å². The molecule has 0 aliphatic rings. The molecule has 0 amide bonds. The van der Waals surface area contributed by atoms with Crippen LogP contribution in [-0.4, -0.2) is 31.7 Å². The summed E-state index contributed by atoms with van der Waals surface area (Å²) in [7, 11) is 0. The third-order valence-corrected chi connectivity index (χ3v) is 3.43. The van der Waals surface area contributed by atoms with Crippen LogP contribution in [0.1, 0.15) is 6.92 Å². The molecule has 2 aromatic heterocycles. The van der Waals surface area contributed by atoms with Crippen LogP contribution in [0, 0.1) is 0 Å². The zero-order chi connectivity index (χ0) is 13.1. The molecule has 19 heavy (non-hydrogen) atoms. The summed E-state index contributed by atoms with van der Waals surface area (Å²) in [6.07, 6.45) is 1.70. The number of hydrogen-bond donors (Lipinski definition) is 1. The Kier molecular flexibility index (Phi) is 3.20. The first-order valence-electron chi connectivity index (χ1n) is 5.92. The fourth-order valence-corrected chi connectivity index (χ4v) is 2.50. The Morgan fingerprint density at radius 1 is 1.21 bits per heavy atom. The molecule has 0 fully saturated rings. The summed E-state index contributed by atoms with van der Waals surface area (Å²) in [4.78, 5) is 0. The van der Waals surface area contributed by atoms with Crippen molar-refractivity contribution in [2.45, 2.75) is 6.92 Å². The van der Waals surface area contributed by atoms with Crippen molar-refractivity contribution in [3.8, 4) is 16.4 Å². The van der Waals surface area contributed by atoms with Crippen LogP contribution in [0.4, 0.5) is 5.13 Å². The van der Waals surface area contributed by atoms with Gasteiger partial charge in [-0.1, -0.05) is 34.7 Å². The van der Waals surface area contributed by atoms with Crippen LogP contribution in [-0.2, 0) is 0 Å². The van der Waals surface area contributed by atoms with Crippen molar-refractivity contribution >= 4 is 16.5 Å². The van der Waals surface area contributed by atoms with Gasteiger partial charge in [0.2, 0.25) is 5.13 Å². The summed E-state index contributed by atoms with van der Waals surface area (Å²) in [5, 5.41) is 21.1. The number of hydrogen-bond acceptors (Lipinski definition) is 6. The molecule has 0 atom stereocenters. The van der Waals surface area contributed by atoms with E-state index in [9.17, 15) is 0 Å². The van der Waals surface area contributed by atoms with Gasteiger partial charge in [0.1, 0.15) is 5.69 Å². The number of aromatic nitrogens is 5. The lowest BCUT2D eigenvalue weighted by Gasteiger charge is -2.02. The number of nitrogens with zero attached hydrogens (tertiary/aromatic N) is 5. The third-order valence-electron chi connectivity index (χ3n) is 2.52. The molecule has 3 aromatic rings. The molecule has 2 heterocycles.